The number of phenolic OH excluding ortho intramolecular Hbond substituents is 3. The highest BCUT2D eigenvalue weighted by atomic mass is 35.5. The number of nitrogens with one attached hydrogen (secondary N) is 1. The fourth-order valence-electron chi connectivity index (χ4n) is 4.54. The van der Waals surface area contributed by atoms with Crippen LogP contribution < -0.4 is 17.3 Å². The Morgan fingerprint density at radius 1 is 0.500 bits per heavy atom. The molecular weight excluding hydrogens is 422 g/mol. The third kappa shape index (κ3) is 5.76. The van der Waals surface area contributed by atoms with Crippen molar-refractivity contribution >= 4 is 0 Å². The SMILES string of the molecule is Cc1cc(C)c(O)c(C[NH+](Cc2cc(C)cc(C)c2O)Cc2cc(C)cc(C)c2O)c1.[Cl-]. The summed E-state index contributed by atoms with van der Waals surface area (Å²) in [6.45, 7) is 13.6. The molecule has 3 aromatic rings. The Labute approximate surface area is 197 Å². The van der Waals surface area contributed by atoms with E-state index in [4.69, 9.17) is 0 Å². The molecule has 3 rings (SSSR count). The molecule has 0 radical (unpaired) electrons. The zero-order valence-electron chi connectivity index (χ0n) is 19.8. The van der Waals surface area contributed by atoms with Gasteiger partial charge in [0.25, 0.3) is 0 Å². The van der Waals surface area contributed by atoms with Crippen LogP contribution in [0, 0.1) is 41.5 Å². The molecule has 0 spiro atoms. The number of hydrogen-bond acceptors (Lipinski definition) is 3. The van der Waals surface area contributed by atoms with Crippen LogP contribution in [-0.4, -0.2) is 15.3 Å². The minimum Gasteiger partial charge on any atom is -1.00 e. The molecule has 0 heterocycles. The Kier molecular flexibility index (Phi) is 8.22. The Bertz CT molecular complexity index is 983. The van der Waals surface area contributed by atoms with E-state index in [1.165, 1.54) is 0 Å². The van der Waals surface area contributed by atoms with Crippen molar-refractivity contribution in [3.63, 3.8) is 0 Å². The fraction of sp³-hybridized carbons (Fsp3) is 0.333. The summed E-state index contributed by atoms with van der Waals surface area (Å²) in [7, 11) is 0. The molecule has 0 bridgehead atoms. The number of aromatic hydroxyl groups is 3. The first-order chi connectivity index (χ1) is 14.5. The maximum atomic E-state index is 10.7. The van der Waals surface area contributed by atoms with E-state index in [0.717, 1.165) is 55.0 Å². The van der Waals surface area contributed by atoms with Crippen LogP contribution in [0.15, 0.2) is 36.4 Å². The minimum atomic E-state index is 0. The number of halogens is 1. The molecule has 4 N–H and O–H groups in total. The van der Waals surface area contributed by atoms with Gasteiger partial charge in [0, 0.05) is 16.7 Å². The average Bonchev–Trinajstić information content (AvgIpc) is 2.67. The van der Waals surface area contributed by atoms with Gasteiger partial charge in [-0.05, 0) is 76.4 Å². The number of quaternary nitrogens is 1. The van der Waals surface area contributed by atoms with Crippen molar-refractivity contribution in [1.82, 2.24) is 0 Å². The molecule has 0 aromatic heterocycles. The highest BCUT2D eigenvalue weighted by Crippen LogP contribution is 2.26. The Morgan fingerprint density at radius 2 is 0.750 bits per heavy atom. The summed E-state index contributed by atoms with van der Waals surface area (Å²) in [6.07, 6.45) is 0. The molecule has 5 heteroatoms. The number of rotatable bonds is 6. The van der Waals surface area contributed by atoms with Crippen LogP contribution in [0.2, 0.25) is 0 Å². The van der Waals surface area contributed by atoms with E-state index in [1.54, 1.807) is 0 Å². The van der Waals surface area contributed by atoms with Crippen molar-refractivity contribution < 1.29 is 32.6 Å². The maximum absolute atomic E-state index is 10.7. The molecule has 172 valence electrons. The first-order valence-electron chi connectivity index (χ1n) is 10.8. The van der Waals surface area contributed by atoms with E-state index in [-0.39, 0.29) is 12.4 Å². The third-order valence-corrected chi connectivity index (χ3v) is 5.89. The van der Waals surface area contributed by atoms with Gasteiger partial charge in [-0.15, -0.1) is 0 Å². The quantitative estimate of drug-likeness (QED) is 0.455. The van der Waals surface area contributed by atoms with Gasteiger partial charge >= 0.3 is 0 Å². The summed E-state index contributed by atoms with van der Waals surface area (Å²) in [6, 6.07) is 12.0. The first-order valence-corrected chi connectivity index (χ1v) is 10.8. The normalized spacial score (nSPS) is 11.0. The van der Waals surface area contributed by atoms with E-state index in [1.807, 2.05) is 77.9 Å². The lowest BCUT2D eigenvalue weighted by Gasteiger charge is -2.23. The standard InChI is InChI=1S/C27H33NO3.ClH/c1-16-7-19(4)25(29)22(10-16)13-28(14-23-11-17(2)8-20(5)26(23)30)15-24-12-18(3)9-21(6)27(24)31;/h7-12,29-31H,13-15H2,1-6H3;1H. The lowest BCUT2D eigenvalue weighted by Crippen LogP contribution is -3.08. The first kappa shape index (κ1) is 25.6. The number of benzene rings is 3. The molecule has 0 saturated heterocycles. The molecule has 0 amide bonds. The van der Waals surface area contributed by atoms with Crippen molar-refractivity contribution in [2.24, 2.45) is 0 Å². The summed E-state index contributed by atoms with van der Waals surface area (Å²) < 4.78 is 0. The predicted molar refractivity (Wildman–Crippen MR) is 125 cm³/mol. The third-order valence-electron chi connectivity index (χ3n) is 5.89. The van der Waals surface area contributed by atoms with Crippen LogP contribution >= 0.6 is 0 Å². The fourth-order valence-corrected chi connectivity index (χ4v) is 4.54. The van der Waals surface area contributed by atoms with Crippen molar-refractivity contribution in [3.05, 3.63) is 86.5 Å². The smallest absolute Gasteiger partial charge is 0.127 e. The van der Waals surface area contributed by atoms with Crippen molar-refractivity contribution in [1.29, 1.82) is 0 Å². The van der Waals surface area contributed by atoms with Crippen LogP contribution in [-0.2, 0) is 19.6 Å². The van der Waals surface area contributed by atoms with Gasteiger partial charge in [0.05, 0.1) is 0 Å². The van der Waals surface area contributed by atoms with Crippen molar-refractivity contribution in [2.75, 3.05) is 0 Å². The highest BCUT2D eigenvalue weighted by Gasteiger charge is 2.20. The van der Waals surface area contributed by atoms with Gasteiger partial charge in [-0.1, -0.05) is 34.9 Å². The Morgan fingerprint density at radius 3 is 1.00 bits per heavy atom. The van der Waals surface area contributed by atoms with Gasteiger partial charge in [-0.3, -0.25) is 0 Å². The van der Waals surface area contributed by atoms with E-state index >= 15 is 0 Å². The van der Waals surface area contributed by atoms with E-state index < -0.39 is 0 Å². The van der Waals surface area contributed by atoms with E-state index in [9.17, 15) is 15.3 Å². The summed E-state index contributed by atoms with van der Waals surface area (Å²) in [5, 5.41) is 32.0. The second-order valence-corrected chi connectivity index (χ2v) is 9.05. The van der Waals surface area contributed by atoms with Crippen molar-refractivity contribution in [3.8, 4) is 17.2 Å². The van der Waals surface area contributed by atoms with Gasteiger partial charge in [-0.2, -0.15) is 0 Å². The zero-order chi connectivity index (χ0) is 22.9. The van der Waals surface area contributed by atoms with Crippen molar-refractivity contribution in [2.45, 2.75) is 61.2 Å². The van der Waals surface area contributed by atoms with Crippen LogP contribution in [0.1, 0.15) is 50.1 Å². The maximum Gasteiger partial charge on any atom is 0.127 e. The molecule has 0 unspecified atom stereocenters. The number of phenols is 3. The second kappa shape index (κ2) is 10.3. The molecule has 4 nitrogen and oxygen atoms in total. The predicted octanol–water partition coefficient (Wildman–Crippen LogP) is 1.44. The molecule has 0 aliphatic rings. The monoisotopic (exact) mass is 455 g/mol. The Hall–Kier alpha value is -2.69. The van der Waals surface area contributed by atoms with E-state index in [2.05, 4.69) is 0 Å². The molecule has 3 aromatic carbocycles. The summed E-state index contributed by atoms with van der Waals surface area (Å²) in [5.74, 6) is 0.951. The highest BCUT2D eigenvalue weighted by molar-refractivity contribution is 5.44. The van der Waals surface area contributed by atoms with Gasteiger partial charge < -0.3 is 32.6 Å². The van der Waals surface area contributed by atoms with Gasteiger partial charge in [0.1, 0.15) is 36.9 Å². The van der Waals surface area contributed by atoms with Crippen LogP contribution in [0.4, 0.5) is 0 Å². The second-order valence-electron chi connectivity index (χ2n) is 9.05. The Balaban J connectivity index is 0.00000363. The van der Waals surface area contributed by atoms with Crippen LogP contribution in [0.3, 0.4) is 0 Å². The number of hydrogen-bond donors (Lipinski definition) is 4. The van der Waals surface area contributed by atoms with Gasteiger partial charge in [0.2, 0.25) is 0 Å². The van der Waals surface area contributed by atoms with E-state index in [0.29, 0.717) is 36.9 Å². The summed E-state index contributed by atoms with van der Waals surface area (Å²) in [5.41, 5.74) is 8.52. The number of aryl methyl sites for hydroxylation is 6. The van der Waals surface area contributed by atoms with Crippen LogP contribution in [0.25, 0.3) is 0 Å². The van der Waals surface area contributed by atoms with Gasteiger partial charge in [-0.25, -0.2) is 0 Å². The average molecular weight is 456 g/mol. The van der Waals surface area contributed by atoms with Crippen LogP contribution in [0.5, 0.6) is 17.2 Å². The molecule has 0 aliphatic heterocycles. The topological polar surface area (TPSA) is 65.1 Å². The summed E-state index contributed by atoms with van der Waals surface area (Å²) in [4.78, 5) is 1.13. The zero-order valence-corrected chi connectivity index (χ0v) is 20.6. The minimum absolute atomic E-state index is 0. The molecule has 0 aliphatic carbocycles. The largest absolute Gasteiger partial charge is 1.00 e. The summed E-state index contributed by atoms with van der Waals surface area (Å²) >= 11 is 0. The molecule has 0 atom stereocenters. The lowest BCUT2D eigenvalue weighted by atomic mass is 10.0. The molecule has 0 saturated carbocycles. The molecular formula is C27H34ClNO3. The molecule has 32 heavy (non-hydrogen) atoms. The molecule has 0 fully saturated rings. The lowest BCUT2D eigenvalue weighted by molar-refractivity contribution is -0.941. The van der Waals surface area contributed by atoms with Gasteiger partial charge in [0.15, 0.2) is 0 Å².